The topological polar surface area (TPSA) is 41.9 Å². The third kappa shape index (κ3) is 3.26. The Bertz CT molecular complexity index is 2420. The van der Waals surface area contributed by atoms with E-state index in [1.54, 1.807) is 0 Å². The molecule has 2 aliphatic rings. The van der Waals surface area contributed by atoms with E-state index >= 15 is 0 Å². The molecular formula is C41H30N2O. The molecule has 9 rings (SSSR count). The molecule has 0 fully saturated rings. The molecule has 2 aliphatic carbocycles. The Morgan fingerprint density at radius 3 is 2.55 bits per heavy atom. The van der Waals surface area contributed by atoms with Crippen molar-refractivity contribution in [2.45, 2.75) is 32.6 Å². The summed E-state index contributed by atoms with van der Waals surface area (Å²) in [6, 6.07) is 36.8. The van der Waals surface area contributed by atoms with Crippen molar-refractivity contribution in [2.75, 3.05) is 0 Å². The summed E-state index contributed by atoms with van der Waals surface area (Å²) in [6.07, 6.45) is 5.57. The van der Waals surface area contributed by atoms with Crippen molar-refractivity contribution in [3.63, 3.8) is 0 Å². The molecule has 2 heterocycles. The molecule has 44 heavy (non-hydrogen) atoms. The van der Waals surface area contributed by atoms with Crippen molar-refractivity contribution in [1.82, 2.24) is 4.57 Å². The minimum atomic E-state index is -0.0875. The van der Waals surface area contributed by atoms with E-state index in [1.165, 1.54) is 44.4 Å². The van der Waals surface area contributed by atoms with Gasteiger partial charge in [-0.05, 0) is 76.6 Å². The fourth-order valence-electron chi connectivity index (χ4n) is 7.92. The highest BCUT2D eigenvalue weighted by atomic mass is 16.3. The van der Waals surface area contributed by atoms with Gasteiger partial charge in [-0.3, -0.25) is 0 Å². The zero-order valence-electron chi connectivity index (χ0n) is 25.0. The molecule has 210 valence electrons. The maximum atomic E-state index is 10.4. The van der Waals surface area contributed by atoms with Crippen LogP contribution in [0.5, 0.6) is 0 Å². The predicted octanol–water partition coefficient (Wildman–Crippen LogP) is 10.6. The van der Waals surface area contributed by atoms with Gasteiger partial charge in [-0.25, -0.2) is 0 Å². The van der Waals surface area contributed by atoms with E-state index in [2.05, 4.69) is 128 Å². The number of rotatable bonds is 2. The number of benzene rings is 5. The third-order valence-electron chi connectivity index (χ3n) is 10.0. The van der Waals surface area contributed by atoms with Gasteiger partial charge >= 0.3 is 0 Å². The van der Waals surface area contributed by atoms with Crippen molar-refractivity contribution in [3.8, 4) is 34.0 Å². The SMILES string of the molecule is CC1C=Cc2c(c3ccccc3n2-c2cccc(C#N)c2-c2ccc3oc4c5c(ccc4c3c2)C(C)(C)c2ccccc2-5)C1. The number of allylic oxidation sites excluding steroid dienone is 1. The second kappa shape index (κ2) is 8.85. The molecule has 1 unspecified atom stereocenters. The monoisotopic (exact) mass is 566 g/mol. The van der Waals surface area contributed by atoms with Gasteiger partial charge in [-0.1, -0.05) is 93.6 Å². The first kappa shape index (κ1) is 25.2. The smallest absolute Gasteiger partial charge is 0.143 e. The number of aromatic nitrogens is 1. The summed E-state index contributed by atoms with van der Waals surface area (Å²) < 4.78 is 9.01. The van der Waals surface area contributed by atoms with Gasteiger partial charge in [-0.15, -0.1) is 0 Å². The average Bonchev–Trinajstić information content (AvgIpc) is 3.66. The Kier molecular flexibility index (Phi) is 5.07. The van der Waals surface area contributed by atoms with E-state index in [9.17, 15) is 5.26 Å². The van der Waals surface area contributed by atoms with Crippen LogP contribution in [0.4, 0.5) is 0 Å². The molecular weight excluding hydrogens is 536 g/mol. The lowest BCUT2D eigenvalue weighted by Gasteiger charge is -2.21. The molecule has 3 heteroatoms. The minimum absolute atomic E-state index is 0.0875. The van der Waals surface area contributed by atoms with Gasteiger partial charge in [0.1, 0.15) is 11.2 Å². The van der Waals surface area contributed by atoms with Gasteiger partial charge in [0.05, 0.1) is 22.8 Å². The number of nitrogens with zero attached hydrogens (tertiary/aromatic N) is 2. The Morgan fingerprint density at radius 1 is 0.818 bits per heavy atom. The third-order valence-corrected chi connectivity index (χ3v) is 10.0. The Morgan fingerprint density at radius 2 is 1.66 bits per heavy atom. The average molecular weight is 567 g/mol. The number of para-hydroxylation sites is 1. The molecule has 0 aliphatic heterocycles. The molecule has 0 saturated heterocycles. The summed E-state index contributed by atoms with van der Waals surface area (Å²) in [5.41, 5.74) is 14.2. The van der Waals surface area contributed by atoms with Crippen LogP contribution in [0.1, 0.15) is 48.7 Å². The highest BCUT2D eigenvalue weighted by Gasteiger charge is 2.37. The highest BCUT2D eigenvalue weighted by Crippen LogP contribution is 2.52. The van der Waals surface area contributed by atoms with Crippen LogP contribution in [-0.4, -0.2) is 4.57 Å². The van der Waals surface area contributed by atoms with Crippen LogP contribution in [0, 0.1) is 17.2 Å². The number of hydrogen-bond acceptors (Lipinski definition) is 2. The summed E-state index contributed by atoms with van der Waals surface area (Å²) >= 11 is 0. The summed E-state index contributed by atoms with van der Waals surface area (Å²) in [4.78, 5) is 0. The van der Waals surface area contributed by atoms with Crippen molar-refractivity contribution in [2.24, 2.45) is 5.92 Å². The van der Waals surface area contributed by atoms with Crippen LogP contribution in [0.2, 0.25) is 0 Å². The first-order valence-electron chi connectivity index (χ1n) is 15.4. The lowest BCUT2D eigenvalue weighted by molar-refractivity contribution is 0.653. The van der Waals surface area contributed by atoms with Crippen molar-refractivity contribution in [1.29, 1.82) is 5.26 Å². The molecule has 5 aromatic carbocycles. The lowest BCUT2D eigenvalue weighted by atomic mass is 9.82. The number of nitriles is 1. The first-order valence-corrected chi connectivity index (χ1v) is 15.4. The molecule has 0 spiro atoms. The Hall–Kier alpha value is -5.33. The molecule has 0 bridgehead atoms. The van der Waals surface area contributed by atoms with E-state index in [-0.39, 0.29) is 5.41 Å². The Labute approximate surface area is 256 Å². The van der Waals surface area contributed by atoms with Crippen LogP contribution < -0.4 is 0 Å². The fraction of sp³-hybridized carbons (Fsp3) is 0.146. The first-order chi connectivity index (χ1) is 21.5. The number of fused-ring (bicyclic) bond motifs is 10. The minimum Gasteiger partial charge on any atom is -0.455 e. The highest BCUT2D eigenvalue weighted by molar-refractivity contribution is 6.13. The summed E-state index contributed by atoms with van der Waals surface area (Å²) in [5.74, 6) is 0.488. The summed E-state index contributed by atoms with van der Waals surface area (Å²) in [6.45, 7) is 6.86. The fourth-order valence-corrected chi connectivity index (χ4v) is 7.92. The number of furan rings is 1. The second-order valence-corrected chi connectivity index (χ2v) is 12.9. The van der Waals surface area contributed by atoms with Gasteiger partial charge in [0.15, 0.2) is 0 Å². The largest absolute Gasteiger partial charge is 0.455 e. The Balaban J connectivity index is 1.31. The maximum absolute atomic E-state index is 10.4. The van der Waals surface area contributed by atoms with Crippen LogP contribution in [0.3, 0.4) is 0 Å². The van der Waals surface area contributed by atoms with Crippen LogP contribution in [0.25, 0.3) is 66.9 Å². The standard InChI is InChI=1S/C41H30N2O/c1-24-15-19-35-30(21-24)27-10-5-7-13-34(27)43(35)36-14-8-9-26(23-42)38(36)25-16-20-37-31(22-25)28-17-18-33-39(40(28)44-37)29-11-4-6-12-32(29)41(33,2)3/h4-20,22,24H,21H2,1-3H3. The molecule has 2 aromatic heterocycles. The predicted molar refractivity (Wildman–Crippen MR) is 180 cm³/mol. The normalized spacial score (nSPS) is 16.3. The zero-order valence-corrected chi connectivity index (χ0v) is 25.0. The zero-order chi connectivity index (χ0) is 29.7. The molecule has 0 N–H and O–H groups in total. The lowest BCUT2D eigenvalue weighted by Crippen LogP contribution is -2.14. The molecule has 7 aromatic rings. The van der Waals surface area contributed by atoms with Gasteiger partial charge in [-0.2, -0.15) is 5.26 Å². The van der Waals surface area contributed by atoms with Crippen LogP contribution in [0.15, 0.2) is 108 Å². The van der Waals surface area contributed by atoms with E-state index in [0.29, 0.717) is 11.5 Å². The van der Waals surface area contributed by atoms with Gasteiger partial charge in [0, 0.05) is 38.4 Å². The van der Waals surface area contributed by atoms with Crippen LogP contribution in [-0.2, 0) is 11.8 Å². The quantitative estimate of drug-likeness (QED) is 0.209. The van der Waals surface area contributed by atoms with Crippen molar-refractivity contribution in [3.05, 3.63) is 131 Å². The molecule has 0 radical (unpaired) electrons. The van der Waals surface area contributed by atoms with E-state index in [4.69, 9.17) is 4.42 Å². The van der Waals surface area contributed by atoms with Gasteiger partial charge < -0.3 is 8.98 Å². The second-order valence-electron chi connectivity index (χ2n) is 12.9. The molecule has 0 amide bonds. The van der Waals surface area contributed by atoms with Crippen molar-refractivity contribution < 1.29 is 4.42 Å². The van der Waals surface area contributed by atoms with Crippen LogP contribution >= 0.6 is 0 Å². The van der Waals surface area contributed by atoms with E-state index in [0.717, 1.165) is 45.2 Å². The number of hydrogen-bond donors (Lipinski definition) is 0. The molecule has 1 atom stereocenters. The van der Waals surface area contributed by atoms with E-state index in [1.807, 2.05) is 12.1 Å². The van der Waals surface area contributed by atoms with E-state index < -0.39 is 0 Å². The maximum Gasteiger partial charge on any atom is 0.143 e. The molecule has 3 nitrogen and oxygen atoms in total. The summed E-state index contributed by atoms with van der Waals surface area (Å²) in [7, 11) is 0. The van der Waals surface area contributed by atoms with Gasteiger partial charge in [0.2, 0.25) is 0 Å². The van der Waals surface area contributed by atoms with Crippen molar-refractivity contribution >= 4 is 38.9 Å². The molecule has 0 saturated carbocycles. The summed E-state index contributed by atoms with van der Waals surface area (Å²) in [5, 5.41) is 13.8. The van der Waals surface area contributed by atoms with Gasteiger partial charge in [0.25, 0.3) is 0 Å².